The van der Waals surface area contributed by atoms with Crippen LogP contribution in [0.15, 0.2) is 23.0 Å². The minimum atomic E-state index is -1.31. The number of aromatic carboxylic acids is 1. The SMILES string of the molecule is COc1ccc(-n2nc(C(=O)O)[nH]c2=O)cc1OC. The molecule has 0 fully saturated rings. The largest absolute Gasteiger partial charge is 0.493 e. The number of carboxylic acid groups (broad SMARTS) is 1. The Morgan fingerprint density at radius 3 is 2.53 bits per heavy atom. The van der Waals surface area contributed by atoms with Crippen LogP contribution in [0.2, 0.25) is 0 Å². The Labute approximate surface area is 107 Å². The zero-order chi connectivity index (χ0) is 14.0. The van der Waals surface area contributed by atoms with Crippen LogP contribution < -0.4 is 15.2 Å². The molecule has 0 spiro atoms. The van der Waals surface area contributed by atoms with E-state index in [9.17, 15) is 9.59 Å². The van der Waals surface area contributed by atoms with E-state index < -0.39 is 17.5 Å². The lowest BCUT2D eigenvalue weighted by Gasteiger charge is -2.08. The molecular formula is C11H11N3O5. The molecule has 1 aromatic carbocycles. The molecule has 2 aromatic rings. The summed E-state index contributed by atoms with van der Waals surface area (Å²) in [6.07, 6.45) is 0. The number of aromatic nitrogens is 3. The summed E-state index contributed by atoms with van der Waals surface area (Å²) in [5.41, 5.74) is -0.281. The van der Waals surface area contributed by atoms with Crippen LogP contribution in [0, 0.1) is 0 Å². The number of carboxylic acids is 1. The van der Waals surface area contributed by atoms with Crippen molar-refractivity contribution in [2.75, 3.05) is 14.2 Å². The Bertz CT molecular complexity index is 673. The molecule has 0 aliphatic carbocycles. The number of H-pyrrole nitrogens is 1. The van der Waals surface area contributed by atoms with Crippen molar-refractivity contribution in [3.63, 3.8) is 0 Å². The minimum Gasteiger partial charge on any atom is -0.493 e. The van der Waals surface area contributed by atoms with Crippen molar-refractivity contribution in [2.24, 2.45) is 0 Å². The summed E-state index contributed by atoms with van der Waals surface area (Å²) in [6.45, 7) is 0. The molecule has 0 saturated heterocycles. The van der Waals surface area contributed by atoms with Crippen molar-refractivity contribution >= 4 is 5.97 Å². The van der Waals surface area contributed by atoms with Gasteiger partial charge in [-0.2, -0.15) is 4.68 Å². The van der Waals surface area contributed by atoms with Gasteiger partial charge in [0.05, 0.1) is 19.9 Å². The highest BCUT2D eigenvalue weighted by molar-refractivity contribution is 5.82. The third kappa shape index (κ3) is 2.28. The minimum absolute atomic E-state index is 0.367. The molecule has 100 valence electrons. The molecule has 2 N–H and O–H groups in total. The maximum atomic E-state index is 11.6. The lowest BCUT2D eigenvalue weighted by atomic mass is 10.3. The normalized spacial score (nSPS) is 10.2. The Hall–Kier alpha value is -2.77. The van der Waals surface area contributed by atoms with Crippen molar-refractivity contribution < 1.29 is 19.4 Å². The second kappa shape index (κ2) is 4.84. The maximum Gasteiger partial charge on any atom is 0.373 e. The van der Waals surface area contributed by atoms with Crippen LogP contribution in [0.1, 0.15) is 10.6 Å². The molecule has 8 nitrogen and oxygen atoms in total. The second-order valence-corrected chi connectivity index (χ2v) is 3.54. The standard InChI is InChI=1S/C11H11N3O5/c1-18-7-4-3-6(5-8(7)19-2)14-11(17)12-9(13-14)10(15)16/h3-5H,1-2H3,(H,15,16)(H,12,13,17). The smallest absolute Gasteiger partial charge is 0.373 e. The summed E-state index contributed by atoms with van der Waals surface area (Å²) in [5, 5.41) is 12.4. The molecule has 19 heavy (non-hydrogen) atoms. The number of ether oxygens (including phenoxy) is 2. The third-order valence-corrected chi connectivity index (χ3v) is 2.43. The van der Waals surface area contributed by atoms with Crippen molar-refractivity contribution in [1.29, 1.82) is 0 Å². The molecule has 1 heterocycles. The van der Waals surface area contributed by atoms with E-state index in [-0.39, 0.29) is 0 Å². The quantitative estimate of drug-likeness (QED) is 0.822. The lowest BCUT2D eigenvalue weighted by molar-refractivity contribution is 0.0683. The Kier molecular flexibility index (Phi) is 3.23. The summed E-state index contributed by atoms with van der Waals surface area (Å²) in [5.74, 6) is -0.837. The van der Waals surface area contributed by atoms with Crippen molar-refractivity contribution in [3.05, 3.63) is 34.5 Å². The summed E-state index contributed by atoms with van der Waals surface area (Å²) < 4.78 is 11.1. The zero-order valence-corrected chi connectivity index (χ0v) is 10.2. The number of benzene rings is 1. The summed E-state index contributed by atoms with van der Waals surface area (Å²) in [7, 11) is 2.94. The lowest BCUT2D eigenvalue weighted by Crippen LogP contribution is -2.16. The molecule has 0 saturated carbocycles. The predicted octanol–water partition coefficient (Wildman–Crippen LogP) is 0.276. The molecule has 0 aliphatic rings. The van der Waals surface area contributed by atoms with E-state index in [4.69, 9.17) is 14.6 Å². The van der Waals surface area contributed by atoms with Gasteiger partial charge in [0.2, 0.25) is 5.82 Å². The molecular weight excluding hydrogens is 254 g/mol. The fourth-order valence-corrected chi connectivity index (χ4v) is 1.55. The summed E-state index contributed by atoms with van der Waals surface area (Å²) in [4.78, 5) is 24.5. The fraction of sp³-hybridized carbons (Fsp3) is 0.182. The molecule has 1 aromatic heterocycles. The van der Waals surface area contributed by atoms with Crippen LogP contribution in [0.5, 0.6) is 11.5 Å². The fourth-order valence-electron chi connectivity index (χ4n) is 1.55. The first kappa shape index (κ1) is 12.7. The van der Waals surface area contributed by atoms with Crippen LogP contribution in [-0.4, -0.2) is 40.1 Å². The van der Waals surface area contributed by atoms with Gasteiger partial charge in [0.25, 0.3) is 0 Å². The van der Waals surface area contributed by atoms with Gasteiger partial charge in [-0.05, 0) is 12.1 Å². The average Bonchev–Trinajstić information content (AvgIpc) is 2.80. The molecule has 2 rings (SSSR count). The van der Waals surface area contributed by atoms with Crippen molar-refractivity contribution in [1.82, 2.24) is 14.8 Å². The summed E-state index contributed by atoms with van der Waals surface area (Å²) >= 11 is 0. The van der Waals surface area contributed by atoms with Gasteiger partial charge in [-0.15, -0.1) is 5.10 Å². The Balaban J connectivity index is 2.53. The van der Waals surface area contributed by atoms with E-state index in [1.165, 1.54) is 20.3 Å². The van der Waals surface area contributed by atoms with Crippen LogP contribution in [0.25, 0.3) is 5.69 Å². The highest BCUT2D eigenvalue weighted by Gasteiger charge is 2.14. The predicted molar refractivity (Wildman–Crippen MR) is 64.2 cm³/mol. The van der Waals surface area contributed by atoms with Gasteiger partial charge < -0.3 is 14.6 Å². The van der Waals surface area contributed by atoms with Crippen molar-refractivity contribution in [3.8, 4) is 17.2 Å². The Morgan fingerprint density at radius 2 is 2.00 bits per heavy atom. The number of rotatable bonds is 4. The number of hydrogen-bond acceptors (Lipinski definition) is 5. The number of hydrogen-bond donors (Lipinski definition) is 2. The maximum absolute atomic E-state index is 11.6. The number of methoxy groups -OCH3 is 2. The molecule has 0 bridgehead atoms. The van der Waals surface area contributed by atoms with E-state index in [1.54, 1.807) is 12.1 Å². The van der Waals surface area contributed by atoms with E-state index >= 15 is 0 Å². The van der Waals surface area contributed by atoms with E-state index in [0.29, 0.717) is 17.2 Å². The number of aromatic amines is 1. The first-order valence-electron chi connectivity index (χ1n) is 5.22. The van der Waals surface area contributed by atoms with Gasteiger partial charge in [0, 0.05) is 6.07 Å². The van der Waals surface area contributed by atoms with Crippen LogP contribution in [-0.2, 0) is 0 Å². The molecule has 0 atom stereocenters. The van der Waals surface area contributed by atoms with Crippen LogP contribution in [0.3, 0.4) is 0 Å². The van der Waals surface area contributed by atoms with Crippen LogP contribution >= 0.6 is 0 Å². The first-order valence-corrected chi connectivity index (χ1v) is 5.22. The summed E-state index contributed by atoms with van der Waals surface area (Å²) in [6, 6.07) is 4.68. The Morgan fingerprint density at radius 1 is 1.32 bits per heavy atom. The van der Waals surface area contributed by atoms with Crippen molar-refractivity contribution in [2.45, 2.75) is 0 Å². The number of carbonyl (C=O) groups is 1. The molecule has 0 aliphatic heterocycles. The average molecular weight is 265 g/mol. The number of nitrogens with one attached hydrogen (secondary N) is 1. The molecule has 8 heteroatoms. The van der Waals surface area contributed by atoms with E-state index in [0.717, 1.165) is 4.68 Å². The van der Waals surface area contributed by atoms with Gasteiger partial charge in [0.15, 0.2) is 11.5 Å². The molecule has 0 unspecified atom stereocenters. The van der Waals surface area contributed by atoms with Gasteiger partial charge in [-0.1, -0.05) is 0 Å². The van der Waals surface area contributed by atoms with Gasteiger partial charge in [0.1, 0.15) is 0 Å². The van der Waals surface area contributed by atoms with Gasteiger partial charge in [-0.3, -0.25) is 4.98 Å². The number of nitrogens with zero attached hydrogens (tertiary/aromatic N) is 2. The highest BCUT2D eigenvalue weighted by Crippen LogP contribution is 2.28. The van der Waals surface area contributed by atoms with Gasteiger partial charge >= 0.3 is 11.7 Å². The topological polar surface area (TPSA) is 106 Å². The zero-order valence-electron chi connectivity index (χ0n) is 10.2. The van der Waals surface area contributed by atoms with Gasteiger partial charge in [-0.25, -0.2) is 9.59 Å². The molecule has 0 radical (unpaired) electrons. The first-order chi connectivity index (χ1) is 9.06. The van der Waals surface area contributed by atoms with E-state index in [2.05, 4.69) is 10.1 Å². The second-order valence-electron chi connectivity index (χ2n) is 3.54. The molecule has 0 amide bonds. The third-order valence-electron chi connectivity index (χ3n) is 2.43. The monoisotopic (exact) mass is 265 g/mol. The van der Waals surface area contributed by atoms with E-state index in [1.807, 2.05) is 0 Å². The highest BCUT2D eigenvalue weighted by atomic mass is 16.5. The van der Waals surface area contributed by atoms with Crippen LogP contribution in [0.4, 0.5) is 0 Å².